The fraction of sp³-hybridized carbons (Fsp3) is 0.154. The van der Waals surface area contributed by atoms with Gasteiger partial charge in [0, 0.05) is 10.9 Å². The van der Waals surface area contributed by atoms with Crippen LogP contribution in [0, 0.1) is 5.82 Å². The van der Waals surface area contributed by atoms with Gasteiger partial charge in [-0.1, -0.05) is 0 Å². The number of carboxylic acid groups (broad SMARTS) is 1. The number of carbonyl (C=O) groups is 2. The van der Waals surface area contributed by atoms with Gasteiger partial charge in [-0.05, 0) is 24.3 Å². The van der Waals surface area contributed by atoms with E-state index in [2.05, 4.69) is 10.3 Å². The highest BCUT2D eigenvalue weighted by Gasteiger charge is 2.09. The van der Waals surface area contributed by atoms with E-state index in [-0.39, 0.29) is 23.2 Å². The van der Waals surface area contributed by atoms with Crippen molar-refractivity contribution in [2.24, 2.45) is 0 Å². The number of anilines is 1. The number of rotatable bonds is 6. The monoisotopic (exact) mass is 326 g/mol. The minimum Gasteiger partial charge on any atom is -0.481 e. The van der Waals surface area contributed by atoms with Crippen LogP contribution in [0.5, 0.6) is 0 Å². The summed E-state index contributed by atoms with van der Waals surface area (Å²) in [7, 11) is 0. The van der Waals surface area contributed by atoms with Gasteiger partial charge in [-0.2, -0.15) is 0 Å². The summed E-state index contributed by atoms with van der Waals surface area (Å²) < 4.78 is 12.8. The van der Waals surface area contributed by atoms with E-state index in [1.54, 1.807) is 17.5 Å². The van der Waals surface area contributed by atoms with Crippen LogP contribution in [0.25, 0.3) is 11.3 Å². The molecular weight excluding hydrogens is 315 g/mol. The SMILES string of the molecule is O=C(O)CSCC(=O)Nc1nc(-c2ccc(F)cc2)cs1. The molecule has 0 spiro atoms. The number of hydrogen-bond donors (Lipinski definition) is 2. The first-order valence-electron chi connectivity index (χ1n) is 5.85. The van der Waals surface area contributed by atoms with Gasteiger partial charge in [0.25, 0.3) is 0 Å². The molecule has 1 heterocycles. The van der Waals surface area contributed by atoms with Crippen LogP contribution in [0.15, 0.2) is 29.6 Å². The zero-order valence-electron chi connectivity index (χ0n) is 10.7. The van der Waals surface area contributed by atoms with E-state index in [1.165, 1.54) is 23.5 Å². The third-order valence-corrected chi connectivity index (χ3v) is 4.02. The first kappa shape index (κ1) is 15.5. The highest BCUT2D eigenvalue weighted by atomic mass is 32.2. The second-order valence-electron chi connectivity index (χ2n) is 3.98. The van der Waals surface area contributed by atoms with Crippen molar-refractivity contribution >= 4 is 40.1 Å². The highest BCUT2D eigenvalue weighted by Crippen LogP contribution is 2.25. The molecule has 21 heavy (non-hydrogen) atoms. The number of nitrogens with one attached hydrogen (secondary N) is 1. The number of aromatic nitrogens is 1. The lowest BCUT2D eigenvalue weighted by molar-refractivity contribution is -0.133. The minimum absolute atomic E-state index is 0.0533. The van der Waals surface area contributed by atoms with E-state index in [1.807, 2.05) is 0 Å². The molecule has 8 heteroatoms. The van der Waals surface area contributed by atoms with Gasteiger partial charge in [-0.3, -0.25) is 9.59 Å². The number of thioether (sulfide) groups is 1. The van der Waals surface area contributed by atoms with Crippen molar-refractivity contribution in [1.29, 1.82) is 0 Å². The first-order valence-corrected chi connectivity index (χ1v) is 7.89. The lowest BCUT2D eigenvalue weighted by Crippen LogP contribution is -2.15. The Kier molecular flexibility index (Phi) is 5.29. The number of hydrogen-bond acceptors (Lipinski definition) is 5. The molecule has 0 atom stereocenters. The van der Waals surface area contributed by atoms with Gasteiger partial charge in [-0.15, -0.1) is 23.1 Å². The van der Waals surface area contributed by atoms with Gasteiger partial charge >= 0.3 is 5.97 Å². The normalized spacial score (nSPS) is 10.3. The highest BCUT2D eigenvalue weighted by molar-refractivity contribution is 8.00. The third kappa shape index (κ3) is 4.83. The van der Waals surface area contributed by atoms with Crippen molar-refractivity contribution in [3.63, 3.8) is 0 Å². The van der Waals surface area contributed by atoms with Crippen LogP contribution in [0.1, 0.15) is 0 Å². The molecule has 1 amide bonds. The summed E-state index contributed by atoms with van der Waals surface area (Å²) in [6.07, 6.45) is 0. The molecule has 2 aromatic rings. The Balaban J connectivity index is 1.92. The van der Waals surface area contributed by atoms with Crippen LogP contribution < -0.4 is 5.32 Å². The van der Waals surface area contributed by atoms with E-state index >= 15 is 0 Å². The predicted molar refractivity (Wildman–Crippen MR) is 81.1 cm³/mol. The van der Waals surface area contributed by atoms with E-state index in [9.17, 15) is 14.0 Å². The van der Waals surface area contributed by atoms with E-state index < -0.39 is 5.97 Å². The molecule has 0 aliphatic heterocycles. The van der Waals surface area contributed by atoms with Crippen molar-refractivity contribution in [3.8, 4) is 11.3 Å². The first-order chi connectivity index (χ1) is 10.0. The largest absolute Gasteiger partial charge is 0.481 e. The molecule has 1 aromatic heterocycles. The maximum absolute atomic E-state index is 12.8. The average Bonchev–Trinajstić information content (AvgIpc) is 2.87. The molecule has 0 saturated carbocycles. The number of aliphatic carboxylic acids is 1. The Labute approximate surface area is 128 Å². The summed E-state index contributed by atoms with van der Waals surface area (Å²) in [5.74, 6) is -1.65. The quantitative estimate of drug-likeness (QED) is 0.853. The fourth-order valence-corrected chi connectivity index (χ4v) is 2.74. The Hall–Kier alpha value is -1.93. The number of carboxylic acids is 1. The fourth-order valence-electron chi connectivity index (χ4n) is 1.47. The molecule has 0 saturated heterocycles. The maximum atomic E-state index is 12.8. The summed E-state index contributed by atoms with van der Waals surface area (Å²) in [4.78, 5) is 26.1. The van der Waals surface area contributed by atoms with Crippen LogP contribution in [0.2, 0.25) is 0 Å². The average molecular weight is 326 g/mol. The molecule has 110 valence electrons. The van der Waals surface area contributed by atoms with Gasteiger partial charge in [0.05, 0.1) is 17.2 Å². The van der Waals surface area contributed by atoms with Crippen molar-refractivity contribution in [2.75, 3.05) is 16.8 Å². The lowest BCUT2D eigenvalue weighted by atomic mass is 10.2. The van der Waals surface area contributed by atoms with Crippen molar-refractivity contribution in [1.82, 2.24) is 4.98 Å². The van der Waals surface area contributed by atoms with Gasteiger partial charge < -0.3 is 10.4 Å². The molecule has 0 unspecified atom stereocenters. The Morgan fingerprint density at radius 1 is 1.29 bits per heavy atom. The zero-order chi connectivity index (χ0) is 15.2. The number of nitrogens with zero attached hydrogens (tertiary/aromatic N) is 1. The minimum atomic E-state index is -0.958. The zero-order valence-corrected chi connectivity index (χ0v) is 12.3. The molecule has 2 N–H and O–H groups in total. The summed E-state index contributed by atoms with van der Waals surface area (Å²) >= 11 is 2.27. The van der Waals surface area contributed by atoms with Crippen LogP contribution in [0.4, 0.5) is 9.52 Å². The summed E-state index contributed by atoms with van der Waals surface area (Å²) in [6, 6.07) is 5.91. The Morgan fingerprint density at radius 2 is 2.00 bits per heavy atom. The summed E-state index contributed by atoms with van der Waals surface area (Å²) in [6.45, 7) is 0. The third-order valence-electron chi connectivity index (χ3n) is 2.35. The second kappa shape index (κ2) is 7.19. The smallest absolute Gasteiger partial charge is 0.313 e. The molecule has 5 nitrogen and oxygen atoms in total. The van der Waals surface area contributed by atoms with E-state index in [4.69, 9.17) is 5.11 Å². The molecule has 0 bridgehead atoms. The van der Waals surface area contributed by atoms with Gasteiger partial charge in [0.2, 0.25) is 5.91 Å². The molecule has 0 fully saturated rings. The van der Waals surface area contributed by atoms with Crippen LogP contribution in [-0.4, -0.2) is 33.5 Å². The Morgan fingerprint density at radius 3 is 2.67 bits per heavy atom. The van der Waals surface area contributed by atoms with Gasteiger partial charge in [-0.25, -0.2) is 9.37 Å². The molecular formula is C13H11FN2O3S2. The number of benzene rings is 1. The predicted octanol–water partition coefficient (Wildman–Crippen LogP) is 2.71. The van der Waals surface area contributed by atoms with Gasteiger partial charge in [0.1, 0.15) is 5.82 Å². The summed E-state index contributed by atoms with van der Waals surface area (Å²) in [5.41, 5.74) is 1.40. The second-order valence-corrected chi connectivity index (χ2v) is 5.82. The number of carbonyl (C=O) groups excluding carboxylic acids is 1. The number of halogens is 1. The molecule has 0 aliphatic carbocycles. The molecule has 1 aromatic carbocycles. The maximum Gasteiger partial charge on any atom is 0.313 e. The van der Waals surface area contributed by atoms with Crippen molar-refractivity contribution < 1.29 is 19.1 Å². The van der Waals surface area contributed by atoms with E-state index in [0.29, 0.717) is 10.8 Å². The van der Waals surface area contributed by atoms with E-state index in [0.717, 1.165) is 17.3 Å². The van der Waals surface area contributed by atoms with Crippen molar-refractivity contribution in [2.45, 2.75) is 0 Å². The van der Waals surface area contributed by atoms with Crippen LogP contribution >= 0.6 is 23.1 Å². The topological polar surface area (TPSA) is 79.3 Å². The Bertz CT molecular complexity index is 643. The number of thiazole rings is 1. The lowest BCUT2D eigenvalue weighted by Gasteiger charge is -2.00. The standard InChI is InChI=1S/C13H11FN2O3S2/c14-9-3-1-8(2-4-9)10-5-21-13(15-10)16-11(17)6-20-7-12(18)19/h1-5H,6-7H2,(H,18,19)(H,15,16,17). The van der Waals surface area contributed by atoms with Crippen LogP contribution in [-0.2, 0) is 9.59 Å². The molecule has 0 aliphatic rings. The number of amides is 1. The molecule has 2 rings (SSSR count). The molecule has 0 radical (unpaired) electrons. The van der Waals surface area contributed by atoms with Gasteiger partial charge in [0.15, 0.2) is 5.13 Å². The van der Waals surface area contributed by atoms with Crippen LogP contribution in [0.3, 0.4) is 0 Å². The summed E-state index contributed by atoms with van der Waals surface area (Å²) in [5, 5.41) is 13.3. The van der Waals surface area contributed by atoms with Crippen molar-refractivity contribution in [3.05, 3.63) is 35.5 Å².